The SMILES string of the molecule is COC(=O)/C=C/CNC(=O)Cc1c(C)nn(CC(C)C)c1C. The Labute approximate surface area is 131 Å². The zero-order chi connectivity index (χ0) is 16.7. The maximum Gasteiger partial charge on any atom is 0.330 e. The van der Waals surface area contributed by atoms with E-state index in [9.17, 15) is 9.59 Å². The number of ether oxygens (including phenoxy) is 1. The van der Waals surface area contributed by atoms with Gasteiger partial charge in [0.2, 0.25) is 5.91 Å². The number of esters is 1. The number of hydrogen-bond acceptors (Lipinski definition) is 4. The summed E-state index contributed by atoms with van der Waals surface area (Å²) < 4.78 is 6.43. The normalized spacial score (nSPS) is 11.2. The summed E-state index contributed by atoms with van der Waals surface area (Å²) in [5.41, 5.74) is 2.89. The fraction of sp³-hybridized carbons (Fsp3) is 0.562. The molecule has 6 nitrogen and oxygen atoms in total. The van der Waals surface area contributed by atoms with Crippen LogP contribution in [0, 0.1) is 19.8 Å². The summed E-state index contributed by atoms with van der Waals surface area (Å²) in [6.45, 7) is 9.32. The van der Waals surface area contributed by atoms with Crippen molar-refractivity contribution in [1.29, 1.82) is 0 Å². The number of hydrogen-bond donors (Lipinski definition) is 1. The van der Waals surface area contributed by atoms with E-state index in [0.717, 1.165) is 23.5 Å². The average Bonchev–Trinajstić information content (AvgIpc) is 2.70. The van der Waals surface area contributed by atoms with Crippen molar-refractivity contribution in [1.82, 2.24) is 15.1 Å². The van der Waals surface area contributed by atoms with Crippen LogP contribution in [0.5, 0.6) is 0 Å². The van der Waals surface area contributed by atoms with Crippen LogP contribution in [0.15, 0.2) is 12.2 Å². The van der Waals surface area contributed by atoms with Crippen LogP contribution < -0.4 is 5.32 Å². The van der Waals surface area contributed by atoms with Crippen LogP contribution in [-0.2, 0) is 27.3 Å². The molecule has 0 spiro atoms. The lowest BCUT2D eigenvalue weighted by molar-refractivity contribution is -0.134. The largest absolute Gasteiger partial charge is 0.466 e. The molecule has 1 amide bonds. The van der Waals surface area contributed by atoms with Crippen molar-refractivity contribution in [2.24, 2.45) is 5.92 Å². The zero-order valence-corrected chi connectivity index (χ0v) is 14.0. The van der Waals surface area contributed by atoms with Gasteiger partial charge in [-0.25, -0.2) is 4.79 Å². The first kappa shape index (κ1) is 17.9. The minimum atomic E-state index is -0.434. The van der Waals surface area contributed by atoms with Gasteiger partial charge in [0.1, 0.15) is 0 Å². The Balaban J connectivity index is 2.59. The summed E-state index contributed by atoms with van der Waals surface area (Å²) in [7, 11) is 1.31. The number of aryl methyl sites for hydroxylation is 1. The number of nitrogens with zero attached hydrogens (tertiary/aromatic N) is 2. The van der Waals surface area contributed by atoms with Crippen molar-refractivity contribution in [2.45, 2.75) is 40.7 Å². The highest BCUT2D eigenvalue weighted by atomic mass is 16.5. The molecule has 0 saturated heterocycles. The van der Waals surface area contributed by atoms with Crippen LogP contribution in [-0.4, -0.2) is 35.3 Å². The average molecular weight is 307 g/mol. The number of amides is 1. The predicted octanol–water partition coefficient (Wildman–Crippen LogP) is 1.54. The quantitative estimate of drug-likeness (QED) is 0.612. The number of aromatic nitrogens is 2. The maximum absolute atomic E-state index is 12.0. The van der Waals surface area contributed by atoms with Crippen molar-refractivity contribution >= 4 is 11.9 Å². The van der Waals surface area contributed by atoms with E-state index in [4.69, 9.17) is 0 Å². The first-order valence-corrected chi connectivity index (χ1v) is 7.39. The van der Waals surface area contributed by atoms with Gasteiger partial charge in [0, 0.05) is 30.4 Å². The zero-order valence-electron chi connectivity index (χ0n) is 14.0. The third-order valence-corrected chi connectivity index (χ3v) is 3.28. The molecule has 0 bridgehead atoms. The van der Waals surface area contributed by atoms with Gasteiger partial charge >= 0.3 is 5.97 Å². The second kappa shape index (κ2) is 8.36. The second-order valence-electron chi connectivity index (χ2n) is 5.63. The molecule has 0 saturated carbocycles. The topological polar surface area (TPSA) is 73.2 Å². The van der Waals surface area contributed by atoms with Gasteiger partial charge in [-0.3, -0.25) is 9.48 Å². The molecule has 6 heteroatoms. The van der Waals surface area contributed by atoms with Crippen LogP contribution in [0.25, 0.3) is 0 Å². The van der Waals surface area contributed by atoms with E-state index in [1.165, 1.54) is 13.2 Å². The van der Waals surface area contributed by atoms with Crippen molar-refractivity contribution in [3.63, 3.8) is 0 Å². The fourth-order valence-electron chi connectivity index (χ4n) is 2.13. The number of carbonyl (C=O) groups is 2. The third kappa shape index (κ3) is 5.35. The van der Waals surface area contributed by atoms with Crippen LogP contribution >= 0.6 is 0 Å². The maximum atomic E-state index is 12.0. The highest BCUT2D eigenvalue weighted by Gasteiger charge is 2.15. The Bertz CT molecular complexity index is 559. The van der Waals surface area contributed by atoms with Gasteiger partial charge in [0.15, 0.2) is 0 Å². The van der Waals surface area contributed by atoms with E-state index in [1.807, 2.05) is 18.5 Å². The summed E-state index contributed by atoms with van der Waals surface area (Å²) in [4.78, 5) is 22.9. The smallest absolute Gasteiger partial charge is 0.330 e. The van der Waals surface area contributed by atoms with Crippen LogP contribution in [0.2, 0.25) is 0 Å². The molecule has 0 fully saturated rings. The number of carbonyl (C=O) groups excluding carboxylic acids is 2. The van der Waals surface area contributed by atoms with Crippen molar-refractivity contribution in [2.75, 3.05) is 13.7 Å². The third-order valence-electron chi connectivity index (χ3n) is 3.28. The predicted molar refractivity (Wildman–Crippen MR) is 84.4 cm³/mol. The van der Waals surface area contributed by atoms with Crippen molar-refractivity contribution in [3.8, 4) is 0 Å². The summed E-state index contributed by atoms with van der Waals surface area (Å²) in [5, 5.41) is 7.24. The molecule has 22 heavy (non-hydrogen) atoms. The van der Waals surface area contributed by atoms with E-state index in [2.05, 4.69) is 29.0 Å². The molecule has 0 radical (unpaired) electrons. The lowest BCUT2D eigenvalue weighted by atomic mass is 10.1. The van der Waals surface area contributed by atoms with Crippen LogP contribution in [0.3, 0.4) is 0 Å². The molecule has 1 aromatic heterocycles. The van der Waals surface area contributed by atoms with Gasteiger partial charge < -0.3 is 10.1 Å². The van der Waals surface area contributed by atoms with E-state index in [0.29, 0.717) is 18.9 Å². The summed E-state index contributed by atoms with van der Waals surface area (Å²) in [5.74, 6) is -0.0242. The molecular weight excluding hydrogens is 282 g/mol. The molecule has 1 heterocycles. The highest BCUT2D eigenvalue weighted by molar-refractivity contribution is 5.82. The standard InChI is InChI=1S/C16H25N3O3/c1-11(2)10-19-13(4)14(12(3)18-19)9-15(20)17-8-6-7-16(21)22-5/h6-7,11H,8-10H2,1-5H3,(H,17,20)/b7-6+. The Kier molecular flexibility index (Phi) is 6.82. The molecule has 0 aromatic carbocycles. The van der Waals surface area contributed by atoms with Gasteiger partial charge in [-0.05, 0) is 19.8 Å². The molecule has 0 aliphatic rings. The molecule has 1 N–H and O–H groups in total. The van der Waals surface area contributed by atoms with Crippen molar-refractivity contribution < 1.29 is 14.3 Å². The molecule has 0 atom stereocenters. The highest BCUT2D eigenvalue weighted by Crippen LogP contribution is 2.15. The minimum Gasteiger partial charge on any atom is -0.466 e. The van der Waals surface area contributed by atoms with Gasteiger partial charge in [0.25, 0.3) is 0 Å². The first-order chi connectivity index (χ1) is 10.3. The molecule has 0 aliphatic carbocycles. The lowest BCUT2D eigenvalue weighted by Gasteiger charge is -2.08. The second-order valence-corrected chi connectivity index (χ2v) is 5.63. The van der Waals surface area contributed by atoms with Crippen molar-refractivity contribution in [3.05, 3.63) is 29.1 Å². The molecule has 0 unspecified atom stereocenters. The van der Waals surface area contributed by atoms with E-state index in [-0.39, 0.29) is 5.91 Å². The Morgan fingerprint density at radius 3 is 2.64 bits per heavy atom. The summed E-state index contributed by atoms with van der Waals surface area (Å²) in [6.07, 6.45) is 3.14. The van der Waals surface area contributed by atoms with Crippen LogP contribution in [0.4, 0.5) is 0 Å². The first-order valence-electron chi connectivity index (χ1n) is 7.39. The monoisotopic (exact) mass is 307 g/mol. The Hall–Kier alpha value is -2.11. The van der Waals surface area contributed by atoms with Crippen LogP contribution in [0.1, 0.15) is 30.8 Å². The Morgan fingerprint density at radius 2 is 2.05 bits per heavy atom. The number of rotatable bonds is 7. The van der Waals surface area contributed by atoms with E-state index >= 15 is 0 Å². The fourth-order valence-corrected chi connectivity index (χ4v) is 2.13. The lowest BCUT2D eigenvalue weighted by Crippen LogP contribution is -2.25. The van der Waals surface area contributed by atoms with E-state index in [1.54, 1.807) is 6.08 Å². The number of methoxy groups -OCH3 is 1. The summed E-state index contributed by atoms with van der Waals surface area (Å²) >= 11 is 0. The Morgan fingerprint density at radius 1 is 1.36 bits per heavy atom. The van der Waals surface area contributed by atoms with Gasteiger partial charge in [-0.2, -0.15) is 5.10 Å². The van der Waals surface area contributed by atoms with Gasteiger partial charge in [-0.15, -0.1) is 0 Å². The van der Waals surface area contributed by atoms with Gasteiger partial charge in [-0.1, -0.05) is 19.9 Å². The molecule has 0 aliphatic heterocycles. The summed E-state index contributed by atoms with van der Waals surface area (Å²) in [6, 6.07) is 0. The molecule has 122 valence electrons. The van der Waals surface area contributed by atoms with E-state index < -0.39 is 5.97 Å². The minimum absolute atomic E-state index is 0.0928. The van der Waals surface area contributed by atoms with Gasteiger partial charge in [0.05, 0.1) is 19.2 Å². The molecule has 1 aromatic rings. The number of nitrogens with one attached hydrogen (secondary N) is 1. The molecule has 1 rings (SSSR count). The molecular formula is C16H25N3O3.